The topological polar surface area (TPSA) is 29.5 Å². The summed E-state index contributed by atoms with van der Waals surface area (Å²) in [7, 11) is 0. The quantitative estimate of drug-likeness (QED) is 0.794. The lowest BCUT2D eigenvalue weighted by Gasteiger charge is -2.39. The Morgan fingerprint density at radius 1 is 1.14 bits per heavy atom. The van der Waals surface area contributed by atoms with E-state index in [1.54, 1.807) is 0 Å². The first-order valence-electron chi connectivity index (χ1n) is 7.06. The third-order valence-electron chi connectivity index (χ3n) is 3.66. The van der Waals surface area contributed by atoms with Crippen molar-refractivity contribution in [2.24, 2.45) is 0 Å². The smallest absolute Gasteiger partial charge is 0.248 e. The number of rotatable bonds is 5. The van der Waals surface area contributed by atoms with Crippen molar-refractivity contribution in [2.45, 2.75) is 25.5 Å². The molecule has 0 saturated carbocycles. The molecule has 22 heavy (non-hydrogen) atoms. The van der Waals surface area contributed by atoms with Crippen molar-refractivity contribution in [3.63, 3.8) is 0 Å². The zero-order valence-corrected chi connectivity index (χ0v) is 11.8. The summed E-state index contributed by atoms with van der Waals surface area (Å²) in [4.78, 5) is 17.1. The van der Waals surface area contributed by atoms with E-state index in [1.807, 2.05) is 30.3 Å². The number of nitrogens with zero attached hydrogens (tertiary/aromatic N) is 1. The number of hydrogen-bond donors (Lipinski definition) is 0. The lowest BCUT2D eigenvalue weighted by molar-refractivity contribution is -0.232. The fraction of sp³-hybridized carbons (Fsp3) is 0.235. The third-order valence-corrected chi connectivity index (χ3v) is 3.66. The van der Waals surface area contributed by atoms with Gasteiger partial charge in [-0.1, -0.05) is 30.3 Å². The van der Waals surface area contributed by atoms with Gasteiger partial charge in [0, 0.05) is 0 Å². The Bertz CT molecular complexity index is 676. The van der Waals surface area contributed by atoms with Gasteiger partial charge in [0.25, 0.3) is 0 Å². The summed E-state index contributed by atoms with van der Waals surface area (Å²) in [6.45, 7) is 0.273. The highest BCUT2D eigenvalue weighted by Crippen LogP contribution is 2.25. The van der Waals surface area contributed by atoms with Gasteiger partial charge in [-0.25, -0.2) is 13.8 Å². The number of halogens is 2. The van der Waals surface area contributed by atoms with Crippen LogP contribution in [0.4, 0.5) is 8.78 Å². The zero-order chi connectivity index (χ0) is 15.5. The summed E-state index contributed by atoms with van der Waals surface area (Å²) in [5.41, 5.74) is 1.20. The molecule has 3 nitrogen and oxygen atoms in total. The third kappa shape index (κ3) is 3.14. The SMILES string of the molecule is O=C1CC(Cc2cc(F)ccc2F)N1OCc1ccccc1. The van der Waals surface area contributed by atoms with Gasteiger partial charge in [0.1, 0.15) is 18.2 Å². The summed E-state index contributed by atoms with van der Waals surface area (Å²) < 4.78 is 26.8. The van der Waals surface area contributed by atoms with Gasteiger partial charge in [0.15, 0.2) is 0 Å². The molecule has 1 fully saturated rings. The normalized spacial score (nSPS) is 17.5. The monoisotopic (exact) mass is 303 g/mol. The van der Waals surface area contributed by atoms with E-state index in [0.29, 0.717) is 0 Å². The molecule has 1 heterocycles. The number of amides is 1. The minimum absolute atomic E-state index is 0.141. The maximum absolute atomic E-state index is 13.7. The van der Waals surface area contributed by atoms with Crippen LogP contribution >= 0.6 is 0 Å². The Labute approximate surface area is 127 Å². The summed E-state index contributed by atoms with van der Waals surface area (Å²) in [6, 6.07) is 12.5. The second-order valence-electron chi connectivity index (χ2n) is 5.28. The van der Waals surface area contributed by atoms with Gasteiger partial charge in [-0.15, -0.1) is 0 Å². The fourth-order valence-electron chi connectivity index (χ4n) is 2.47. The van der Waals surface area contributed by atoms with Crippen LogP contribution in [0.5, 0.6) is 0 Å². The molecule has 0 spiro atoms. The Morgan fingerprint density at radius 2 is 1.91 bits per heavy atom. The van der Waals surface area contributed by atoms with Gasteiger partial charge in [0.2, 0.25) is 5.91 Å². The highest BCUT2D eigenvalue weighted by atomic mass is 19.1. The molecule has 1 aliphatic heterocycles. The van der Waals surface area contributed by atoms with Crippen LogP contribution in [-0.2, 0) is 22.7 Å². The molecule has 1 amide bonds. The lowest BCUT2D eigenvalue weighted by Crippen LogP contribution is -2.53. The van der Waals surface area contributed by atoms with Crippen molar-refractivity contribution in [2.75, 3.05) is 0 Å². The Kier molecular flexibility index (Phi) is 4.15. The molecular formula is C17H15F2NO2. The predicted octanol–water partition coefficient (Wildman–Crippen LogP) is 3.24. The Balaban J connectivity index is 1.62. The molecule has 1 saturated heterocycles. The second-order valence-corrected chi connectivity index (χ2v) is 5.28. The van der Waals surface area contributed by atoms with E-state index in [2.05, 4.69) is 0 Å². The average Bonchev–Trinajstić information content (AvgIpc) is 2.51. The molecule has 0 aromatic heterocycles. The van der Waals surface area contributed by atoms with Crippen molar-refractivity contribution in [1.29, 1.82) is 0 Å². The second kappa shape index (κ2) is 6.23. The molecule has 2 aromatic rings. The zero-order valence-electron chi connectivity index (χ0n) is 11.8. The summed E-state index contributed by atoms with van der Waals surface area (Å²) in [6.07, 6.45) is 0.523. The number of carbonyl (C=O) groups excluding carboxylic acids is 1. The number of hydroxylamine groups is 2. The maximum Gasteiger partial charge on any atom is 0.248 e. The Hall–Kier alpha value is -2.27. The first-order valence-corrected chi connectivity index (χ1v) is 7.06. The predicted molar refractivity (Wildman–Crippen MR) is 76.5 cm³/mol. The molecule has 0 bridgehead atoms. The van der Waals surface area contributed by atoms with E-state index >= 15 is 0 Å². The van der Waals surface area contributed by atoms with Crippen LogP contribution in [-0.4, -0.2) is 17.0 Å². The van der Waals surface area contributed by atoms with Crippen LogP contribution in [0, 0.1) is 11.6 Å². The van der Waals surface area contributed by atoms with E-state index in [1.165, 1.54) is 5.06 Å². The van der Waals surface area contributed by atoms with Crippen molar-refractivity contribution in [3.05, 3.63) is 71.3 Å². The molecule has 5 heteroatoms. The van der Waals surface area contributed by atoms with Crippen LogP contribution in [0.15, 0.2) is 48.5 Å². The first kappa shape index (κ1) is 14.7. The van der Waals surface area contributed by atoms with Gasteiger partial charge in [-0.05, 0) is 35.7 Å². The summed E-state index contributed by atoms with van der Waals surface area (Å²) in [5.74, 6) is -1.10. The van der Waals surface area contributed by atoms with Gasteiger partial charge in [-0.3, -0.25) is 9.63 Å². The number of benzene rings is 2. The Morgan fingerprint density at radius 3 is 2.64 bits per heavy atom. The number of carbonyl (C=O) groups is 1. The van der Waals surface area contributed by atoms with Crippen molar-refractivity contribution in [1.82, 2.24) is 5.06 Å². The average molecular weight is 303 g/mol. The van der Waals surface area contributed by atoms with Crippen LogP contribution in [0.2, 0.25) is 0 Å². The molecule has 0 aliphatic carbocycles. The molecular weight excluding hydrogens is 288 g/mol. The summed E-state index contributed by atoms with van der Waals surface area (Å²) >= 11 is 0. The van der Waals surface area contributed by atoms with Crippen molar-refractivity contribution < 1.29 is 18.4 Å². The highest BCUT2D eigenvalue weighted by molar-refractivity contribution is 5.82. The van der Waals surface area contributed by atoms with E-state index in [9.17, 15) is 13.6 Å². The van der Waals surface area contributed by atoms with Crippen LogP contribution in [0.3, 0.4) is 0 Å². The van der Waals surface area contributed by atoms with E-state index in [4.69, 9.17) is 4.84 Å². The van der Waals surface area contributed by atoms with Gasteiger partial charge < -0.3 is 0 Å². The first-order chi connectivity index (χ1) is 10.6. The van der Waals surface area contributed by atoms with Gasteiger partial charge in [0.05, 0.1) is 12.5 Å². The number of hydrogen-bond acceptors (Lipinski definition) is 2. The van der Waals surface area contributed by atoms with E-state index in [0.717, 1.165) is 23.8 Å². The van der Waals surface area contributed by atoms with Crippen LogP contribution < -0.4 is 0 Å². The molecule has 1 unspecified atom stereocenters. The van der Waals surface area contributed by atoms with Crippen molar-refractivity contribution >= 4 is 5.91 Å². The van der Waals surface area contributed by atoms with Gasteiger partial charge in [-0.2, -0.15) is 0 Å². The van der Waals surface area contributed by atoms with Gasteiger partial charge >= 0.3 is 0 Å². The molecule has 114 valence electrons. The molecule has 2 aromatic carbocycles. The van der Waals surface area contributed by atoms with Crippen molar-refractivity contribution in [3.8, 4) is 0 Å². The van der Waals surface area contributed by atoms with Crippen LogP contribution in [0.25, 0.3) is 0 Å². The molecule has 1 aliphatic rings. The summed E-state index contributed by atoms with van der Waals surface area (Å²) in [5, 5.41) is 1.26. The minimum atomic E-state index is -0.487. The van der Waals surface area contributed by atoms with E-state index in [-0.39, 0.29) is 37.0 Å². The maximum atomic E-state index is 13.7. The highest BCUT2D eigenvalue weighted by Gasteiger charge is 2.37. The lowest BCUT2D eigenvalue weighted by atomic mass is 9.96. The van der Waals surface area contributed by atoms with E-state index < -0.39 is 11.6 Å². The fourth-order valence-corrected chi connectivity index (χ4v) is 2.47. The number of β-lactam (4-membered cyclic amide) rings is 1. The standard InChI is InChI=1S/C17H15F2NO2/c18-14-6-7-16(19)13(8-14)9-15-10-17(21)20(15)22-11-12-4-2-1-3-5-12/h1-8,15H,9-11H2. The molecule has 0 radical (unpaired) electrons. The van der Waals surface area contributed by atoms with Crippen LogP contribution in [0.1, 0.15) is 17.5 Å². The largest absolute Gasteiger partial charge is 0.272 e. The molecule has 1 atom stereocenters. The minimum Gasteiger partial charge on any atom is -0.272 e. The molecule has 0 N–H and O–H groups in total. The molecule has 3 rings (SSSR count).